The van der Waals surface area contributed by atoms with Crippen LogP contribution in [0.3, 0.4) is 0 Å². The molecule has 0 aliphatic rings. The SMILES string of the molecule is CCc1ccc(C(O)Cn2c(C)nc3ccccc32)cc1. The maximum atomic E-state index is 10.5. The predicted octanol–water partition coefficient (Wildman–Crippen LogP) is 3.64. The van der Waals surface area contributed by atoms with Crippen LogP contribution in [0.1, 0.15) is 30.0 Å². The standard InChI is InChI=1S/C18H20N2O/c1-3-14-8-10-15(11-9-14)18(21)12-20-13(2)19-16-6-4-5-7-17(16)20/h4-11,18,21H,3,12H2,1-2H3. The molecule has 1 atom stereocenters. The summed E-state index contributed by atoms with van der Waals surface area (Å²) in [6, 6.07) is 16.2. The summed E-state index contributed by atoms with van der Waals surface area (Å²) in [5.41, 5.74) is 4.28. The van der Waals surface area contributed by atoms with Crippen molar-refractivity contribution in [2.24, 2.45) is 0 Å². The zero-order valence-electron chi connectivity index (χ0n) is 12.5. The van der Waals surface area contributed by atoms with Gasteiger partial charge in [0.25, 0.3) is 0 Å². The average molecular weight is 280 g/mol. The first-order valence-electron chi connectivity index (χ1n) is 7.38. The fraction of sp³-hybridized carbons (Fsp3) is 0.278. The molecule has 0 saturated carbocycles. The van der Waals surface area contributed by atoms with Crippen molar-refractivity contribution in [3.63, 3.8) is 0 Å². The molecule has 0 aliphatic heterocycles. The number of nitrogens with zero attached hydrogens (tertiary/aromatic N) is 2. The first-order chi connectivity index (χ1) is 10.2. The molecule has 0 spiro atoms. The summed E-state index contributed by atoms with van der Waals surface area (Å²) in [5.74, 6) is 0.931. The number of para-hydroxylation sites is 2. The molecule has 1 unspecified atom stereocenters. The van der Waals surface area contributed by atoms with Crippen LogP contribution < -0.4 is 0 Å². The minimum atomic E-state index is -0.521. The molecular weight excluding hydrogens is 260 g/mol. The highest BCUT2D eigenvalue weighted by Gasteiger charge is 2.13. The number of aryl methyl sites for hydroxylation is 2. The van der Waals surface area contributed by atoms with Gasteiger partial charge in [0.15, 0.2) is 0 Å². The van der Waals surface area contributed by atoms with Crippen molar-refractivity contribution in [1.29, 1.82) is 0 Å². The van der Waals surface area contributed by atoms with Crippen LogP contribution in [-0.4, -0.2) is 14.7 Å². The van der Waals surface area contributed by atoms with Gasteiger partial charge in [-0.2, -0.15) is 0 Å². The molecule has 0 radical (unpaired) electrons. The van der Waals surface area contributed by atoms with E-state index in [1.54, 1.807) is 0 Å². The molecule has 0 bridgehead atoms. The van der Waals surface area contributed by atoms with Gasteiger partial charge in [-0.15, -0.1) is 0 Å². The van der Waals surface area contributed by atoms with Gasteiger partial charge in [0.2, 0.25) is 0 Å². The Labute approximate surface area is 124 Å². The number of hydrogen-bond donors (Lipinski definition) is 1. The van der Waals surface area contributed by atoms with Crippen LogP contribution in [0.15, 0.2) is 48.5 Å². The van der Waals surface area contributed by atoms with E-state index >= 15 is 0 Å². The van der Waals surface area contributed by atoms with Crippen LogP contribution in [0.4, 0.5) is 0 Å². The summed E-state index contributed by atoms with van der Waals surface area (Å²) < 4.78 is 2.08. The van der Waals surface area contributed by atoms with Crippen LogP contribution in [0.25, 0.3) is 11.0 Å². The molecule has 0 saturated heterocycles. The zero-order valence-corrected chi connectivity index (χ0v) is 12.5. The Bertz CT molecular complexity index is 744. The van der Waals surface area contributed by atoms with Crippen molar-refractivity contribution in [3.05, 3.63) is 65.5 Å². The van der Waals surface area contributed by atoms with Crippen molar-refractivity contribution < 1.29 is 5.11 Å². The molecule has 1 N–H and O–H groups in total. The monoisotopic (exact) mass is 280 g/mol. The molecule has 108 valence electrons. The van der Waals surface area contributed by atoms with E-state index in [1.807, 2.05) is 43.3 Å². The van der Waals surface area contributed by atoms with E-state index in [0.29, 0.717) is 6.54 Å². The van der Waals surface area contributed by atoms with Gasteiger partial charge >= 0.3 is 0 Å². The third kappa shape index (κ3) is 2.69. The first kappa shape index (κ1) is 13.8. The Balaban J connectivity index is 1.88. The molecule has 3 aromatic rings. The maximum Gasteiger partial charge on any atom is 0.106 e. The summed E-state index contributed by atoms with van der Waals surface area (Å²) in [4.78, 5) is 4.54. The van der Waals surface area contributed by atoms with E-state index < -0.39 is 6.10 Å². The second-order valence-corrected chi connectivity index (χ2v) is 5.37. The van der Waals surface area contributed by atoms with Crippen LogP contribution in [-0.2, 0) is 13.0 Å². The largest absolute Gasteiger partial charge is 0.387 e. The minimum Gasteiger partial charge on any atom is -0.387 e. The molecule has 21 heavy (non-hydrogen) atoms. The molecule has 3 rings (SSSR count). The van der Waals surface area contributed by atoms with Crippen molar-refractivity contribution in [1.82, 2.24) is 9.55 Å². The van der Waals surface area contributed by atoms with Crippen molar-refractivity contribution in [3.8, 4) is 0 Å². The Morgan fingerprint density at radius 2 is 1.81 bits per heavy atom. The van der Waals surface area contributed by atoms with E-state index in [9.17, 15) is 5.11 Å². The first-order valence-corrected chi connectivity index (χ1v) is 7.38. The highest BCUT2D eigenvalue weighted by molar-refractivity contribution is 5.75. The van der Waals surface area contributed by atoms with Gasteiger partial charge in [-0.3, -0.25) is 0 Å². The third-order valence-corrected chi connectivity index (χ3v) is 3.97. The van der Waals surface area contributed by atoms with Crippen LogP contribution >= 0.6 is 0 Å². The molecular formula is C18H20N2O. The highest BCUT2D eigenvalue weighted by Crippen LogP contribution is 2.21. The third-order valence-electron chi connectivity index (χ3n) is 3.97. The van der Waals surface area contributed by atoms with Crippen molar-refractivity contribution in [2.45, 2.75) is 32.9 Å². The molecule has 2 aromatic carbocycles. The minimum absolute atomic E-state index is 0.521. The predicted molar refractivity (Wildman–Crippen MR) is 85.2 cm³/mol. The van der Waals surface area contributed by atoms with Gasteiger partial charge < -0.3 is 9.67 Å². The topological polar surface area (TPSA) is 38.0 Å². The van der Waals surface area contributed by atoms with E-state index in [4.69, 9.17) is 0 Å². The molecule has 0 fully saturated rings. The Morgan fingerprint density at radius 1 is 1.10 bits per heavy atom. The summed E-state index contributed by atoms with van der Waals surface area (Å²) in [6.07, 6.45) is 0.494. The fourth-order valence-electron chi connectivity index (χ4n) is 2.68. The molecule has 3 heteroatoms. The lowest BCUT2D eigenvalue weighted by molar-refractivity contribution is 0.157. The summed E-state index contributed by atoms with van der Waals surface area (Å²) in [6.45, 7) is 4.64. The van der Waals surface area contributed by atoms with Crippen molar-refractivity contribution in [2.75, 3.05) is 0 Å². The Hall–Kier alpha value is -2.13. The molecule has 0 aliphatic carbocycles. The zero-order chi connectivity index (χ0) is 14.8. The number of aliphatic hydroxyl groups is 1. The molecule has 1 heterocycles. The molecule has 1 aromatic heterocycles. The van der Waals surface area contributed by atoms with Gasteiger partial charge in [0.05, 0.1) is 23.7 Å². The van der Waals surface area contributed by atoms with Crippen LogP contribution in [0.2, 0.25) is 0 Å². The summed E-state index contributed by atoms with van der Waals surface area (Å²) >= 11 is 0. The summed E-state index contributed by atoms with van der Waals surface area (Å²) in [7, 11) is 0. The lowest BCUT2D eigenvalue weighted by atomic mass is 10.1. The number of fused-ring (bicyclic) bond motifs is 1. The van der Waals surface area contributed by atoms with Gasteiger partial charge in [-0.05, 0) is 36.6 Å². The van der Waals surface area contributed by atoms with E-state index in [2.05, 4.69) is 28.6 Å². The van der Waals surface area contributed by atoms with Crippen molar-refractivity contribution >= 4 is 11.0 Å². The second-order valence-electron chi connectivity index (χ2n) is 5.37. The number of aliphatic hydroxyl groups excluding tert-OH is 1. The van der Waals surface area contributed by atoms with Gasteiger partial charge in [-0.25, -0.2) is 4.98 Å². The quantitative estimate of drug-likeness (QED) is 0.792. The lowest BCUT2D eigenvalue weighted by Crippen LogP contribution is -2.10. The number of aromatic nitrogens is 2. The normalized spacial score (nSPS) is 12.7. The number of rotatable bonds is 4. The van der Waals surface area contributed by atoms with Crippen LogP contribution in [0, 0.1) is 6.92 Å². The Morgan fingerprint density at radius 3 is 2.52 bits per heavy atom. The van der Waals surface area contributed by atoms with E-state index in [-0.39, 0.29) is 0 Å². The number of benzene rings is 2. The van der Waals surface area contributed by atoms with Gasteiger partial charge in [0, 0.05) is 0 Å². The average Bonchev–Trinajstić information content (AvgIpc) is 2.83. The molecule has 0 amide bonds. The van der Waals surface area contributed by atoms with E-state index in [0.717, 1.165) is 28.8 Å². The fourth-order valence-corrected chi connectivity index (χ4v) is 2.68. The maximum absolute atomic E-state index is 10.5. The van der Waals surface area contributed by atoms with Crippen LogP contribution in [0.5, 0.6) is 0 Å². The summed E-state index contributed by atoms with van der Waals surface area (Å²) in [5, 5.41) is 10.5. The number of hydrogen-bond acceptors (Lipinski definition) is 2. The lowest BCUT2D eigenvalue weighted by Gasteiger charge is -2.14. The van der Waals surface area contributed by atoms with E-state index in [1.165, 1.54) is 5.56 Å². The Kier molecular flexibility index (Phi) is 3.76. The smallest absolute Gasteiger partial charge is 0.106 e. The number of imidazole rings is 1. The van der Waals surface area contributed by atoms with Gasteiger partial charge in [0.1, 0.15) is 5.82 Å². The molecule has 3 nitrogen and oxygen atoms in total. The second kappa shape index (κ2) is 5.70. The highest BCUT2D eigenvalue weighted by atomic mass is 16.3. The van der Waals surface area contributed by atoms with Gasteiger partial charge in [-0.1, -0.05) is 43.3 Å².